The lowest BCUT2D eigenvalue weighted by Crippen LogP contribution is -2.31. The maximum Gasteiger partial charge on any atom is 0.322 e. The Bertz CT molecular complexity index is 532. The maximum atomic E-state index is 11.0. The van der Waals surface area contributed by atoms with E-state index in [-0.39, 0.29) is 6.01 Å². The molecule has 0 aromatic carbocycles. The van der Waals surface area contributed by atoms with E-state index in [1.54, 1.807) is 18.9 Å². The van der Waals surface area contributed by atoms with Crippen LogP contribution >= 0.6 is 0 Å². The van der Waals surface area contributed by atoms with Gasteiger partial charge in [0.15, 0.2) is 0 Å². The highest BCUT2D eigenvalue weighted by Crippen LogP contribution is 2.20. The minimum atomic E-state index is -0.842. The summed E-state index contributed by atoms with van der Waals surface area (Å²) in [5, 5.41) is 9.06. The summed E-state index contributed by atoms with van der Waals surface area (Å²) in [6.45, 7) is 3.82. The van der Waals surface area contributed by atoms with Crippen LogP contribution in [-0.4, -0.2) is 59.8 Å². The Morgan fingerprint density at radius 3 is 2.48 bits per heavy atom. The van der Waals surface area contributed by atoms with Gasteiger partial charge in [-0.25, -0.2) is 0 Å². The van der Waals surface area contributed by atoms with Gasteiger partial charge in [-0.2, -0.15) is 15.0 Å². The Balaban J connectivity index is 2.21. The van der Waals surface area contributed by atoms with Crippen LogP contribution in [0.3, 0.4) is 0 Å². The predicted octanol–water partition coefficient (Wildman–Crippen LogP) is 1.42. The number of ether oxygens (including phenoxy) is 1. The topological polar surface area (TPSA) is 91.7 Å². The highest BCUT2D eigenvalue weighted by atomic mass is 16.5. The molecule has 1 aromatic heterocycles. The highest BCUT2D eigenvalue weighted by molar-refractivity contribution is 5.70. The normalized spacial score (nSPS) is 16.6. The van der Waals surface area contributed by atoms with Crippen molar-refractivity contribution in [3.63, 3.8) is 0 Å². The monoisotopic (exact) mass is 323 g/mol. The lowest BCUT2D eigenvalue weighted by Gasteiger charge is -2.24. The first-order valence-electron chi connectivity index (χ1n) is 8.00. The quantitative estimate of drug-likeness (QED) is 0.840. The van der Waals surface area contributed by atoms with E-state index in [1.165, 1.54) is 20.0 Å². The molecule has 0 radical (unpaired) electrons. The van der Waals surface area contributed by atoms with E-state index in [0.717, 1.165) is 25.9 Å². The average molecular weight is 323 g/mol. The first-order chi connectivity index (χ1) is 11.0. The average Bonchev–Trinajstić information content (AvgIpc) is 2.83. The Kier molecular flexibility index (Phi) is 5.95. The Labute approximate surface area is 136 Å². The molecular formula is C15H25N5O3. The molecule has 1 aromatic rings. The standard InChI is InChI=1S/C15H25N5O3/c1-11(12(21)22)10-19(2)13-16-14(18-15(17-13)23-3)20-8-6-4-5-7-9-20/h11H,4-10H2,1-3H3,(H,21,22). The van der Waals surface area contributed by atoms with Gasteiger partial charge in [0.25, 0.3) is 0 Å². The third-order valence-electron chi connectivity index (χ3n) is 3.97. The summed E-state index contributed by atoms with van der Waals surface area (Å²) in [6.07, 6.45) is 4.69. The first-order valence-corrected chi connectivity index (χ1v) is 8.00. The Morgan fingerprint density at radius 2 is 1.91 bits per heavy atom. The van der Waals surface area contributed by atoms with Gasteiger partial charge < -0.3 is 19.6 Å². The first kappa shape index (κ1) is 17.2. The van der Waals surface area contributed by atoms with Crippen LogP contribution in [0.25, 0.3) is 0 Å². The van der Waals surface area contributed by atoms with Gasteiger partial charge in [-0.1, -0.05) is 19.8 Å². The van der Waals surface area contributed by atoms with Crippen molar-refractivity contribution in [1.29, 1.82) is 0 Å². The van der Waals surface area contributed by atoms with Crippen LogP contribution in [0.15, 0.2) is 0 Å². The van der Waals surface area contributed by atoms with Crippen LogP contribution in [0.1, 0.15) is 32.6 Å². The summed E-state index contributed by atoms with van der Waals surface area (Å²) in [7, 11) is 3.30. The molecule has 2 heterocycles. The number of hydrogen-bond donors (Lipinski definition) is 1. The zero-order valence-corrected chi connectivity index (χ0v) is 14.0. The van der Waals surface area contributed by atoms with Gasteiger partial charge in [0.05, 0.1) is 13.0 Å². The highest BCUT2D eigenvalue weighted by Gasteiger charge is 2.20. The second-order valence-corrected chi connectivity index (χ2v) is 5.94. The van der Waals surface area contributed by atoms with E-state index in [2.05, 4.69) is 19.9 Å². The fourth-order valence-electron chi connectivity index (χ4n) is 2.58. The zero-order chi connectivity index (χ0) is 16.8. The summed E-state index contributed by atoms with van der Waals surface area (Å²) in [4.78, 5) is 28.0. The molecule has 0 saturated carbocycles. The zero-order valence-electron chi connectivity index (χ0n) is 14.0. The van der Waals surface area contributed by atoms with Gasteiger partial charge in [0, 0.05) is 26.7 Å². The minimum Gasteiger partial charge on any atom is -0.481 e. The van der Waals surface area contributed by atoms with E-state index in [0.29, 0.717) is 18.4 Å². The van der Waals surface area contributed by atoms with E-state index < -0.39 is 11.9 Å². The fraction of sp³-hybridized carbons (Fsp3) is 0.733. The molecule has 1 aliphatic heterocycles. The second kappa shape index (κ2) is 7.94. The van der Waals surface area contributed by atoms with Crippen LogP contribution < -0.4 is 14.5 Å². The molecule has 8 heteroatoms. The number of aliphatic carboxylic acids is 1. The molecule has 1 aliphatic rings. The van der Waals surface area contributed by atoms with Crippen LogP contribution in [0.4, 0.5) is 11.9 Å². The van der Waals surface area contributed by atoms with Crippen molar-refractivity contribution in [1.82, 2.24) is 15.0 Å². The van der Waals surface area contributed by atoms with E-state index in [4.69, 9.17) is 9.84 Å². The molecule has 1 atom stereocenters. The number of nitrogens with zero attached hydrogens (tertiary/aromatic N) is 5. The molecule has 0 aliphatic carbocycles. The molecule has 1 unspecified atom stereocenters. The molecular weight excluding hydrogens is 298 g/mol. The SMILES string of the molecule is COc1nc(N(C)CC(C)C(=O)O)nc(N2CCCCCC2)n1. The molecule has 1 saturated heterocycles. The lowest BCUT2D eigenvalue weighted by atomic mass is 10.2. The number of anilines is 2. The van der Waals surface area contributed by atoms with Crippen molar-refractivity contribution >= 4 is 17.9 Å². The number of methoxy groups -OCH3 is 1. The van der Waals surface area contributed by atoms with Gasteiger partial charge in [-0.15, -0.1) is 0 Å². The molecule has 1 fully saturated rings. The van der Waals surface area contributed by atoms with Gasteiger partial charge in [-0.05, 0) is 12.8 Å². The molecule has 1 N–H and O–H groups in total. The van der Waals surface area contributed by atoms with Crippen molar-refractivity contribution in [2.45, 2.75) is 32.6 Å². The molecule has 0 bridgehead atoms. The third kappa shape index (κ3) is 4.67. The second-order valence-electron chi connectivity index (χ2n) is 5.94. The number of hydrogen-bond acceptors (Lipinski definition) is 7. The molecule has 23 heavy (non-hydrogen) atoms. The largest absolute Gasteiger partial charge is 0.481 e. The molecule has 0 amide bonds. The number of rotatable bonds is 6. The number of aromatic nitrogens is 3. The van der Waals surface area contributed by atoms with Gasteiger partial charge in [0.2, 0.25) is 11.9 Å². The summed E-state index contributed by atoms with van der Waals surface area (Å²) < 4.78 is 5.19. The van der Waals surface area contributed by atoms with Crippen molar-refractivity contribution in [3.8, 4) is 6.01 Å². The number of carboxylic acids is 1. The van der Waals surface area contributed by atoms with E-state index in [9.17, 15) is 4.79 Å². The van der Waals surface area contributed by atoms with Gasteiger partial charge in [0.1, 0.15) is 0 Å². The van der Waals surface area contributed by atoms with Gasteiger partial charge in [-0.3, -0.25) is 4.79 Å². The maximum absolute atomic E-state index is 11.0. The lowest BCUT2D eigenvalue weighted by molar-refractivity contribution is -0.140. The van der Waals surface area contributed by atoms with Crippen LogP contribution in [0.2, 0.25) is 0 Å². The molecule has 0 spiro atoms. The Hall–Kier alpha value is -2.12. The van der Waals surface area contributed by atoms with E-state index >= 15 is 0 Å². The van der Waals surface area contributed by atoms with E-state index in [1.807, 2.05) is 0 Å². The third-order valence-corrected chi connectivity index (χ3v) is 3.97. The van der Waals surface area contributed by atoms with Crippen molar-refractivity contribution < 1.29 is 14.6 Å². The van der Waals surface area contributed by atoms with Gasteiger partial charge >= 0.3 is 12.0 Å². The van der Waals surface area contributed by atoms with Crippen LogP contribution in [0, 0.1) is 5.92 Å². The van der Waals surface area contributed by atoms with Crippen molar-refractivity contribution in [3.05, 3.63) is 0 Å². The van der Waals surface area contributed by atoms with Crippen molar-refractivity contribution in [2.75, 3.05) is 43.6 Å². The summed E-state index contributed by atoms with van der Waals surface area (Å²) in [5.41, 5.74) is 0. The fourth-order valence-corrected chi connectivity index (χ4v) is 2.58. The minimum absolute atomic E-state index is 0.254. The van der Waals surface area contributed by atoms with Crippen molar-refractivity contribution in [2.24, 2.45) is 5.92 Å². The van der Waals surface area contributed by atoms with Crippen LogP contribution in [0.5, 0.6) is 6.01 Å². The number of carbonyl (C=O) groups is 1. The predicted molar refractivity (Wildman–Crippen MR) is 87.1 cm³/mol. The summed E-state index contributed by atoms with van der Waals surface area (Å²) in [6, 6.07) is 0.254. The summed E-state index contributed by atoms with van der Waals surface area (Å²) >= 11 is 0. The molecule has 128 valence electrons. The summed E-state index contributed by atoms with van der Waals surface area (Å²) in [5.74, 6) is -0.317. The molecule has 8 nitrogen and oxygen atoms in total. The van der Waals surface area contributed by atoms with Crippen LogP contribution in [-0.2, 0) is 4.79 Å². The molecule has 2 rings (SSSR count). The Morgan fingerprint density at radius 1 is 1.26 bits per heavy atom. The smallest absolute Gasteiger partial charge is 0.322 e. The number of carboxylic acid groups (broad SMARTS) is 1.